The lowest BCUT2D eigenvalue weighted by molar-refractivity contribution is -0.0586. The van der Waals surface area contributed by atoms with Crippen molar-refractivity contribution in [2.24, 2.45) is 22.7 Å². The maximum atomic E-state index is 2.67. The maximum absolute atomic E-state index is 2.67. The van der Waals surface area contributed by atoms with Crippen molar-refractivity contribution in [2.45, 2.75) is 105 Å². The Morgan fingerprint density at radius 1 is 0.700 bits per heavy atom. The molecule has 1 atom stereocenters. The molecule has 0 radical (unpaired) electrons. The van der Waals surface area contributed by atoms with Crippen LogP contribution in [0.1, 0.15) is 105 Å². The Balaban J connectivity index is 2.19. The molecule has 0 heterocycles. The Hall–Kier alpha value is 0. The highest BCUT2D eigenvalue weighted by Gasteiger charge is 2.49. The Morgan fingerprint density at radius 3 is 1.60 bits per heavy atom. The van der Waals surface area contributed by atoms with Crippen molar-refractivity contribution in [3.05, 3.63) is 0 Å². The molecule has 2 aliphatic rings. The molecule has 20 heavy (non-hydrogen) atoms. The van der Waals surface area contributed by atoms with Crippen LogP contribution in [0.4, 0.5) is 0 Å². The van der Waals surface area contributed by atoms with Gasteiger partial charge in [0.2, 0.25) is 0 Å². The molecule has 0 bridgehead atoms. The summed E-state index contributed by atoms with van der Waals surface area (Å²) in [6.07, 6.45) is 17.8. The SMILES string of the molecule is CCCC(C)(C1CCCCC1)C(C)(C)C1CCCCC1. The molecule has 0 saturated heterocycles. The molecule has 0 N–H and O–H groups in total. The van der Waals surface area contributed by atoms with Crippen LogP contribution in [0.5, 0.6) is 0 Å². The quantitative estimate of drug-likeness (QED) is 0.509. The van der Waals surface area contributed by atoms with Crippen LogP contribution >= 0.6 is 0 Å². The second-order valence-corrected chi connectivity index (χ2v) is 8.56. The first-order valence-electron chi connectivity index (χ1n) is 9.52. The van der Waals surface area contributed by atoms with Gasteiger partial charge < -0.3 is 0 Å². The van der Waals surface area contributed by atoms with Crippen LogP contribution in [0.2, 0.25) is 0 Å². The monoisotopic (exact) mass is 278 g/mol. The van der Waals surface area contributed by atoms with E-state index in [1.807, 2.05) is 0 Å². The molecule has 2 saturated carbocycles. The van der Waals surface area contributed by atoms with E-state index in [0.29, 0.717) is 10.8 Å². The van der Waals surface area contributed by atoms with E-state index in [9.17, 15) is 0 Å². The first-order valence-corrected chi connectivity index (χ1v) is 9.52. The molecule has 0 heteroatoms. The molecule has 0 nitrogen and oxygen atoms in total. The van der Waals surface area contributed by atoms with Crippen LogP contribution in [0.25, 0.3) is 0 Å². The molecule has 2 fully saturated rings. The third-order valence-electron chi connectivity index (χ3n) is 7.37. The summed E-state index contributed by atoms with van der Waals surface area (Å²) < 4.78 is 0. The second-order valence-electron chi connectivity index (χ2n) is 8.56. The number of hydrogen-bond donors (Lipinski definition) is 0. The average molecular weight is 279 g/mol. The topological polar surface area (TPSA) is 0 Å². The van der Waals surface area contributed by atoms with Gasteiger partial charge in [-0.2, -0.15) is 0 Å². The van der Waals surface area contributed by atoms with Crippen LogP contribution in [-0.2, 0) is 0 Å². The van der Waals surface area contributed by atoms with Gasteiger partial charge in [-0.05, 0) is 54.8 Å². The third-order valence-corrected chi connectivity index (χ3v) is 7.37. The lowest BCUT2D eigenvalue weighted by Gasteiger charge is -2.55. The zero-order valence-electron chi connectivity index (χ0n) is 14.6. The summed E-state index contributed by atoms with van der Waals surface area (Å²) in [5, 5.41) is 0. The third kappa shape index (κ3) is 3.09. The minimum Gasteiger partial charge on any atom is -0.0654 e. The van der Waals surface area contributed by atoms with Crippen molar-refractivity contribution in [3.8, 4) is 0 Å². The van der Waals surface area contributed by atoms with Crippen molar-refractivity contribution >= 4 is 0 Å². The second kappa shape index (κ2) is 6.84. The van der Waals surface area contributed by atoms with Crippen molar-refractivity contribution in [1.82, 2.24) is 0 Å². The standard InChI is InChI=1S/C20H38/c1-5-16-20(4,18-14-10-7-11-15-18)19(2,3)17-12-8-6-9-13-17/h17-18H,5-16H2,1-4H3. The summed E-state index contributed by atoms with van der Waals surface area (Å²) >= 11 is 0. The van der Waals surface area contributed by atoms with Crippen LogP contribution < -0.4 is 0 Å². The van der Waals surface area contributed by atoms with E-state index in [1.54, 1.807) is 0 Å². The predicted molar refractivity (Wildman–Crippen MR) is 89.9 cm³/mol. The van der Waals surface area contributed by atoms with Crippen molar-refractivity contribution < 1.29 is 0 Å². The summed E-state index contributed by atoms with van der Waals surface area (Å²) in [5.41, 5.74) is 1.11. The van der Waals surface area contributed by atoms with Crippen LogP contribution in [0.3, 0.4) is 0 Å². The van der Waals surface area contributed by atoms with Crippen molar-refractivity contribution in [2.75, 3.05) is 0 Å². The van der Waals surface area contributed by atoms with Crippen molar-refractivity contribution in [3.63, 3.8) is 0 Å². The lowest BCUT2D eigenvalue weighted by atomic mass is 9.50. The van der Waals surface area contributed by atoms with Crippen molar-refractivity contribution in [1.29, 1.82) is 0 Å². The summed E-state index contributed by atoms with van der Waals surface area (Å²) in [5.74, 6) is 1.97. The molecule has 0 aromatic rings. The van der Waals surface area contributed by atoms with Gasteiger partial charge >= 0.3 is 0 Å². The van der Waals surface area contributed by atoms with Gasteiger partial charge in [-0.25, -0.2) is 0 Å². The predicted octanol–water partition coefficient (Wildman–Crippen LogP) is 6.98. The first kappa shape index (κ1) is 16.4. The van der Waals surface area contributed by atoms with E-state index < -0.39 is 0 Å². The van der Waals surface area contributed by atoms with Crippen LogP contribution in [-0.4, -0.2) is 0 Å². The molecule has 1 unspecified atom stereocenters. The summed E-state index contributed by atoms with van der Waals surface area (Å²) in [7, 11) is 0. The zero-order chi connectivity index (χ0) is 14.6. The van der Waals surface area contributed by atoms with Gasteiger partial charge in [0.05, 0.1) is 0 Å². The molecular formula is C20H38. The van der Waals surface area contributed by atoms with Gasteiger partial charge in [-0.15, -0.1) is 0 Å². The highest BCUT2D eigenvalue weighted by atomic mass is 14.5. The lowest BCUT2D eigenvalue weighted by Crippen LogP contribution is -2.47. The van der Waals surface area contributed by atoms with Gasteiger partial charge in [0.1, 0.15) is 0 Å². The highest BCUT2D eigenvalue weighted by molar-refractivity contribution is 4.98. The van der Waals surface area contributed by atoms with E-state index in [1.165, 1.54) is 77.0 Å². The molecule has 0 aliphatic heterocycles. The van der Waals surface area contributed by atoms with Gasteiger partial charge in [0, 0.05) is 0 Å². The van der Waals surface area contributed by atoms with E-state index in [4.69, 9.17) is 0 Å². The van der Waals surface area contributed by atoms with Crippen LogP contribution in [0.15, 0.2) is 0 Å². The van der Waals surface area contributed by atoms with Gasteiger partial charge in [-0.3, -0.25) is 0 Å². The maximum Gasteiger partial charge on any atom is -0.0244 e. The van der Waals surface area contributed by atoms with E-state index in [2.05, 4.69) is 27.7 Å². The Bertz CT molecular complexity index is 278. The highest BCUT2D eigenvalue weighted by Crippen LogP contribution is 2.58. The molecule has 0 aromatic carbocycles. The fourth-order valence-electron chi connectivity index (χ4n) is 5.60. The van der Waals surface area contributed by atoms with Gasteiger partial charge in [0.25, 0.3) is 0 Å². The Kier molecular flexibility index (Phi) is 5.60. The fraction of sp³-hybridized carbons (Fsp3) is 1.00. The van der Waals surface area contributed by atoms with E-state index >= 15 is 0 Å². The molecule has 0 aromatic heterocycles. The molecular weight excluding hydrogens is 240 g/mol. The summed E-state index contributed by atoms with van der Waals surface area (Å²) in [6.45, 7) is 10.3. The molecule has 118 valence electrons. The van der Waals surface area contributed by atoms with E-state index in [-0.39, 0.29) is 0 Å². The van der Waals surface area contributed by atoms with Gasteiger partial charge in [0.15, 0.2) is 0 Å². The number of rotatable bonds is 5. The average Bonchev–Trinajstić information content (AvgIpc) is 2.49. The molecule has 2 rings (SSSR count). The first-order chi connectivity index (χ1) is 9.52. The zero-order valence-corrected chi connectivity index (χ0v) is 14.6. The number of hydrogen-bond acceptors (Lipinski definition) is 0. The minimum atomic E-state index is 0.533. The molecule has 0 amide bonds. The molecule has 0 spiro atoms. The minimum absolute atomic E-state index is 0.533. The largest absolute Gasteiger partial charge is 0.0654 e. The van der Waals surface area contributed by atoms with E-state index in [0.717, 1.165) is 11.8 Å². The fourth-order valence-corrected chi connectivity index (χ4v) is 5.60. The molecule has 2 aliphatic carbocycles. The normalized spacial score (nSPS) is 26.4. The van der Waals surface area contributed by atoms with Crippen LogP contribution in [0, 0.1) is 22.7 Å². The Labute approximate surface area is 128 Å². The van der Waals surface area contributed by atoms with Gasteiger partial charge in [-0.1, -0.05) is 72.6 Å². The smallest absolute Gasteiger partial charge is 0.0244 e. The summed E-state index contributed by atoms with van der Waals surface area (Å²) in [4.78, 5) is 0. The summed E-state index contributed by atoms with van der Waals surface area (Å²) in [6, 6.07) is 0. The Morgan fingerprint density at radius 2 is 1.15 bits per heavy atom.